The lowest BCUT2D eigenvalue weighted by Gasteiger charge is -2.38. The minimum Gasteiger partial charge on any atom is -0.454 e. The molecule has 8 nitrogen and oxygen atoms in total. The third kappa shape index (κ3) is 3.62. The Hall–Kier alpha value is -3.55. The van der Waals surface area contributed by atoms with Gasteiger partial charge in [0.05, 0.1) is 5.92 Å². The van der Waals surface area contributed by atoms with Crippen LogP contribution in [0.2, 0.25) is 0 Å². The Bertz CT molecular complexity index is 953. The molecule has 2 aliphatic heterocycles. The van der Waals surface area contributed by atoms with Gasteiger partial charge in [-0.3, -0.25) is 14.4 Å². The largest absolute Gasteiger partial charge is 0.454 e. The first-order chi connectivity index (χ1) is 13.5. The highest BCUT2D eigenvalue weighted by atomic mass is 16.7. The van der Waals surface area contributed by atoms with Crippen molar-refractivity contribution in [1.29, 1.82) is 0 Å². The van der Waals surface area contributed by atoms with Crippen LogP contribution in [0.4, 0.5) is 11.4 Å². The number of hydrogen-bond acceptors (Lipinski definition) is 5. The Morgan fingerprint density at radius 2 is 1.68 bits per heavy atom. The summed E-state index contributed by atoms with van der Waals surface area (Å²) in [6, 6.07) is 12.0. The number of amides is 3. The molecule has 0 bridgehead atoms. The minimum atomic E-state index is -0.276. The normalized spacial score (nSPS) is 15.0. The SMILES string of the molecule is CC(=O)Nc1cccc(NC(=O)C2CN(C(=O)c3ccc4c(c3)OCO4)C2)c1. The van der Waals surface area contributed by atoms with Gasteiger partial charge < -0.3 is 25.0 Å². The number of ether oxygens (including phenoxy) is 2. The van der Waals surface area contributed by atoms with Crippen LogP contribution in [0.15, 0.2) is 42.5 Å². The van der Waals surface area contributed by atoms with Crippen LogP contribution in [0.5, 0.6) is 11.5 Å². The van der Waals surface area contributed by atoms with Gasteiger partial charge in [-0.1, -0.05) is 6.07 Å². The second-order valence-corrected chi connectivity index (χ2v) is 6.73. The molecule has 1 fully saturated rings. The first-order valence-corrected chi connectivity index (χ1v) is 8.87. The van der Waals surface area contributed by atoms with Crippen molar-refractivity contribution in [2.24, 2.45) is 5.92 Å². The Labute approximate surface area is 161 Å². The van der Waals surface area contributed by atoms with Gasteiger partial charge in [-0.2, -0.15) is 0 Å². The molecule has 28 heavy (non-hydrogen) atoms. The molecule has 2 aromatic carbocycles. The van der Waals surface area contributed by atoms with Crippen molar-refractivity contribution in [3.05, 3.63) is 48.0 Å². The lowest BCUT2D eigenvalue weighted by atomic mass is 9.97. The van der Waals surface area contributed by atoms with Gasteiger partial charge in [0, 0.05) is 37.0 Å². The van der Waals surface area contributed by atoms with Crippen LogP contribution < -0.4 is 20.1 Å². The Balaban J connectivity index is 1.33. The molecule has 0 aromatic heterocycles. The van der Waals surface area contributed by atoms with Crippen LogP contribution in [0, 0.1) is 5.92 Å². The third-order valence-corrected chi connectivity index (χ3v) is 4.61. The standard InChI is InChI=1S/C20H19N3O5/c1-12(24)21-15-3-2-4-16(8-15)22-19(25)14-9-23(10-14)20(26)13-5-6-17-18(7-13)28-11-27-17/h2-8,14H,9-11H2,1H3,(H,21,24)(H,22,25). The maximum absolute atomic E-state index is 12.6. The number of anilines is 2. The van der Waals surface area contributed by atoms with Crippen LogP contribution in [0.1, 0.15) is 17.3 Å². The number of carbonyl (C=O) groups excluding carboxylic acids is 3. The molecule has 0 spiro atoms. The smallest absolute Gasteiger partial charge is 0.254 e. The first kappa shape index (κ1) is 17.8. The van der Waals surface area contributed by atoms with E-state index in [0.29, 0.717) is 41.5 Å². The summed E-state index contributed by atoms with van der Waals surface area (Å²) in [5.41, 5.74) is 1.71. The fourth-order valence-electron chi connectivity index (χ4n) is 3.14. The predicted octanol–water partition coefficient (Wildman–Crippen LogP) is 2.08. The molecule has 0 radical (unpaired) electrons. The van der Waals surface area contributed by atoms with Crippen molar-refractivity contribution in [1.82, 2.24) is 4.90 Å². The average Bonchev–Trinajstić information content (AvgIpc) is 3.07. The van der Waals surface area contributed by atoms with Gasteiger partial charge in [0.2, 0.25) is 18.6 Å². The van der Waals surface area contributed by atoms with Gasteiger partial charge in [-0.05, 0) is 36.4 Å². The summed E-state index contributed by atoms with van der Waals surface area (Å²) < 4.78 is 10.5. The van der Waals surface area contributed by atoms with E-state index >= 15 is 0 Å². The number of hydrogen-bond donors (Lipinski definition) is 2. The lowest BCUT2D eigenvalue weighted by Crippen LogP contribution is -2.54. The van der Waals surface area contributed by atoms with Crippen molar-refractivity contribution in [2.75, 3.05) is 30.5 Å². The minimum absolute atomic E-state index is 0.144. The monoisotopic (exact) mass is 381 g/mol. The number of nitrogens with zero attached hydrogens (tertiary/aromatic N) is 1. The topological polar surface area (TPSA) is 97.0 Å². The van der Waals surface area contributed by atoms with Gasteiger partial charge in [-0.15, -0.1) is 0 Å². The average molecular weight is 381 g/mol. The number of carbonyl (C=O) groups is 3. The van der Waals surface area contributed by atoms with Crippen molar-refractivity contribution in [3.8, 4) is 11.5 Å². The van der Waals surface area contributed by atoms with E-state index in [-0.39, 0.29) is 30.4 Å². The van der Waals surface area contributed by atoms with Crippen LogP contribution >= 0.6 is 0 Å². The van der Waals surface area contributed by atoms with Crippen LogP contribution in [-0.4, -0.2) is 42.5 Å². The van der Waals surface area contributed by atoms with E-state index in [1.165, 1.54) is 6.92 Å². The van der Waals surface area contributed by atoms with Crippen molar-refractivity contribution < 1.29 is 23.9 Å². The Kier molecular flexibility index (Phi) is 4.60. The van der Waals surface area contributed by atoms with E-state index in [1.807, 2.05) is 0 Å². The molecule has 0 saturated carbocycles. The Morgan fingerprint density at radius 1 is 0.964 bits per heavy atom. The summed E-state index contributed by atoms with van der Waals surface area (Å²) in [6.45, 7) is 2.28. The zero-order valence-electron chi connectivity index (χ0n) is 15.2. The van der Waals surface area contributed by atoms with E-state index in [9.17, 15) is 14.4 Å². The van der Waals surface area contributed by atoms with E-state index < -0.39 is 0 Å². The summed E-state index contributed by atoms with van der Waals surface area (Å²) in [5.74, 6) is 0.422. The third-order valence-electron chi connectivity index (χ3n) is 4.61. The highest BCUT2D eigenvalue weighted by Crippen LogP contribution is 2.33. The van der Waals surface area contributed by atoms with Crippen molar-refractivity contribution in [2.45, 2.75) is 6.92 Å². The van der Waals surface area contributed by atoms with Crippen LogP contribution in [-0.2, 0) is 9.59 Å². The molecule has 0 aliphatic carbocycles. The van der Waals surface area contributed by atoms with Crippen molar-refractivity contribution >= 4 is 29.1 Å². The lowest BCUT2D eigenvalue weighted by molar-refractivity contribution is -0.123. The number of likely N-dealkylation sites (tertiary alicyclic amines) is 1. The van der Waals surface area contributed by atoms with E-state index in [4.69, 9.17) is 9.47 Å². The number of benzene rings is 2. The molecular weight excluding hydrogens is 362 g/mol. The summed E-state index contributed by atoms with van der Waals surface area (Å²) in [4.78, 5) is 37.7. The van der Waals surface area contributed by atoms with Gasteiger partial charge in [0.1, 0.15) is 0 Å². The predicted molar refractivity (Wildman–Crippen MR) is 101 cm³/mol. The molecule has 1 saturated heterocycles. The number of fused-ring (bicyclic) bond motifs is 1. The number of nitrogens with one attached hydrogen (secondary N) is 2. The molecule has 2 heterocycles. The molecule has 2 N–H and O–H groups in total. The van der Waals surface area contributed by atoms with E-state index in [0.717, 1.165) is 0 Å². The molecule has 0 unspecified atom stereocenters. The molecule has 144 valence electrons. The maximum Gasteiger partial charge on any atom is 0.254 e. The Morgan fingerprint density at radius 3 is 2.43 bits per heavy atom. The van der Waals surface area contributed by atoms with Gasteiger partial charge >= 0.3 is 0 Å². The molecule has 4 rings (SSSR count). The molecule has 0 atom stereocenters. The van der Waals surface area contributed by atoms with E-state index in [2.05, 4.69) is 10.6 Å². The summed E-state index contributed by atoms with van der Waals surface area (Å²) >= 11 is 0. The molecule has 2 aliphatic rings. The second-order valence-electron chi connectivity index (χ2n) is 6.73. The van der Waals surface area contributed by atoms with Crippen LogP contribution in [0.25, 0.3) is 0 Å². The van der Waals surface area contributed by atoms with Crippen molar-refractivity contribution in [3.63, 3.8) is 0 Å². The summed E-state index contributed by atoms with van der Waals surface area (Å²) in [7, 11) is 0. The number of rotatable bonds is 4. The molecular formula is C20H19N3O5. The zero-order chi connectivity index (χ0) is 19.7. The maximum atomic E-state index is 12.6. The second kappa shape index (κ2) is 7.22. The highest BCUT2D eigenvalue weighted by molar-refractivity contribution is 5.99. The molecule has 8 heteroatoms. The van der Waals surface area contributed by atoms with E-state index in [1.54, 1.807) is 47.4 Å². The quantitative estimate of drug-likeness (QED) is 0.845. The van der Waals surface area contributed by atoms with Gasteiger partial charge in [0.15, 0.2) is 11.5 Å². The molecule has 2 aromatic rings. The fraction of sp³-hybridized carbons (Fsp3) is 0.250. The summed E-state index contributed by atoms with van der Waals surface area (Å²) in [6.07, 6.45) is 0. The highest BCUT2D eigenvalue weighted by Gasteiger charge is 2.36. The first-order valence-electron chi connectivity index (χ1n) is 8.87. The zero-order valence-corrected chi connectivity index (χ0v) is 15.2. The fourth-order valence-corrected chi connectivity index (χ4v) is 3.14. The summed E-state index contributed by atoms with van der Waals surface area (Å²) in [5, 5.41) is 5.50. The van der Waals surface area contributed by atoms with Crippen LogP contribution in [0.3, 0.4) is 0 Å². The van der Waals surface area contributed by atoms with Gasteiger partial charge in [-0.25, -0.2) is 0 Å². The van der Waals surface area contributed by atoms with Gasteiger partial charge in [0.25, 0.3) is 5.91 Å². The molecule has 3 amide bonds.